The third kappa shape index (κ3) is 8.59. The summed E-state index contributed by atoms with van der Waals surface area (Å²) in [5.74, 6) is 0.527. The van der Waals surface area contributed by atoms with Gasteiger partial charge >= 0.3 is 20.2 Å². The van der Waals surface area contributed by atoms with Gasteiger partial charge in [-0.25, -0.2) is 9.36 Å². The summed E-state index contributed by atoms with van der Waals surface area (Å²) in [4.78, 5) is 0.841. The Balaban J connectivity index is 0.903. The number of ether oxygens (including phenoxy) is 2. The van der Waals surface area contributed by atoms with Gasteiger partial charge in [0.25, 0.3) is 0 Å². The molecule has 0 radical (unpaired) electrons. The first-order valence-corrected chi connectivity index (χ1v) is 24.5. The van der Waals surface area contributed by atoms with Gasteiger partial charge in [0, 0.05) is 33.3 Å². The SMILES string of the molecule is O=S(=O)(O)c1cc2c(s1)-c1c(c(C(O)CCCCCCCCC(O)c3nn(-c4ccc(Cl)cc4Cl)c4c3COc3cc(S(=O)(=O)O)sc3-4)nn1-c1ccc(Cl)cc1Cl)CO2. The van der Waals surface area contributed by atoms with Crippen molar-refractivity contribution >= 4 is 89.3 Å². The molecule has 0 saturated heterocycles. The van der Waals surface area contributed by atoms with Gasteiger partial charge in [-0.05, 0) is 49.2 Å². The topological polar surface area (TPSA) is 203 Å². The molecular formula is C38H34Cl4N4O10S4. The molecule has 2 unspecified atom stereocenters. The van der Waals surface area contributed by atoms with E-state index in [4.69, 9.17) is 66.1 Å². The molecule has 8 rings (SSSR count). The van der Waals surface area contributed by atoms with E-state index in [0.717, 1.165) is 48.4 Å². The number of hydrogen-bond acceptors (Lipinski definition) is 12. The number of benzene rings is 2. The molecule has 60 heavy (non-hydrogen) atoms. The van der Waals surface area contributed by atoms with Crippen LogP contribution < -0.4 is 9.47 Å². The van der Waals surface area contributed by atoms with Crippen LogP contribution in [0.4, 0.5) is 0 Å². The number of hydrogen-bond donors (Lipinski definition) is 4. The molecule has 2 aliphatic heterocycles. The number of rotatable bonds is 15. The van der Waals surface area contributed by atoms with Crippen molar-refractivity contribution in [1.29, 1.82) is 0 Å². The highest BCUT2D eigenvalue weighted by molar-refractivity contribution is 7.88. The maximum absolute atomic E-state index is 12.0. The van der Waals surface area contributed by atoms with Gasteiger partial charge in [-0.3, -0.25) is 9.11 Å². The van der Waals surface area contributed by atoms with Crippen LogP contribution >= 0.6 is 69.1 Å². The molecule has 2 atom stereocenters. The van der Waals surface area contributed by atoms with Crippen LogP contribution in [0.1, 0.15) is 86.1 Å². The molecule has 318 valence electrons. The summed E-state index contributed by atoms with van der Waals surface area (Å²) in [7, 11) is -9.00. The van der Waals surface area contributed by atoms with E-state index in [1.807, 2.05) is 0 Å². The quantitative estimate of drug-likeness (QED) is 0.0561. The van der Waals surface area contributed by atoms with Crippen molar-refractivity contribution in [3.05, 3.63) is 91.1 Å². The van der Waals surface area contributed by atoms with Crippen LogP contribution in [-0.4, -0.2) is 55.7 Å². The molecule has 0 bridgehead atoms. The van der Waals surface area contributed by atoms with E-state index in [9.17, 15) is 36.2 Å². The Hall–Kier alpha value is -3.24. The first-order chi connectivity index (χ1) is 28.5. The number of aromatic nitrogens is 4. The lowest BCUT2D eigenvalue weighted by atomic mass is 10.00. The molecule has 4 aromatic heterocycles. The molecule has 0 spiro atoms. The Morgan fingerprint density at radius 1 is 0.617 bits per heavy atom. The molecule has 0 amide bonds. The Morgan fingerprint density at radius 3 is 1.37 bits per heavy atom. The monoisotopic (exact) mass is 974 g/mol. The zero-order chi connectivity index (χ0) is 42.7. The van der Waals surface area contributed by atoms with Crippen molar-refractivity contribution in [3.63, 3.8) is 0 Å². The second-order valence-corrected chi connectivity index (χ2v) is 21.3. The van der Waals surface area contributed by atoms with E-state index >= 15 is 0 Å². The molecule has 4 N–H and O–H groups in total. The molecule has 0 fully saturated rings. The Bertz CT molecular complexity index is 2660. The van der Waals surface area contributed by atoms with Gasteiger partial charge in [-0.1, -0.05) is 84.9 Å². The predicted octanol–water partition coefficient (Wildman–Crippen LogP) is 10.3. The molecule has 22 heteroatoms. The standard InChI is InChI=1S/C38H34Cl4N4O10S4/c39-19-9-11-25(23(41)13-19)45-35-21(17-55-29-15-31(57-37(29)35)59(49,50)51)33(43-45)27(47)7-5-3-1-2-4-6-8-28(48)34-22-18-56-30-16-32(60(52,53)54)58-38(30)36(22)46(44-34)26-12-10-20(40)14-24(26)42/h9-16,27-28,47-48H,1-8,17-18H2,(H,49,50,51)(H,52,53,54). The molecule has 6 heterocycles. The fraction of sp³-hybridized carbons (Fsp3) is 0.316. The zero-order valence-electron chi connectivity index (χ0n) is 31.0. The average molecular weight is 977 g/mol. The van der Waals surface area contributed by atoms with Crippen LogP contribution in [0.5, 0.6) is 11.5 Å². The number of unbranched alkanes of at least 4 members (excludes halogenated alkanes) is 5. The lowest BCUT2D eigenvalue weighted by molar-refractivity contribution is 0.153. The summed E-state index contributed by atoms with van der Waals surface area (Å²) in [6.07, 6.45) is 3.63. The van der Waals surface area contributed by atoms with Crippen molar-refractivity contribution in [2.24, 2.45) is 0 Å². The van der Waals surface area contributed by atoms with Crippen LogP contribution in [0.3, 0.4) is 0 Å². The second kappa shape index (κ2) is 17.1. The number of nitrogens with zero attached hydrogens (tertiary/aromatic N) is 4. The normalized spacial score (nSPS) is 14.5. The summed E-state index contributed by atoms with van der Waals surface area (Å²) < 4.78 is 81.6. The van der Waals surface area contributed by atoms with Crippen LogP contribution in [0.25, 0.3) is 32.5 Å². The number of aliphatic hydroxyl groups is 2. The highest BCUT2D eigenvalue weighted by atomic mass is 35.5. The van der Waals surface area contributed by atoms with Crippen molar-refractivity contribution in [1.82, 2.24) is 19.6 Å². The second-order valence-electron chi connectivity index (χ2n) is 14.2. The van der Waals surface area contributed by atoms with E-state index in [-0.39, 0.29) is 33.1 Å². The largest absolute Gasteiger partial charge is 0.487 e. The molecule has 6 aromatic rings. The number of halogens is 4. The third-order valence-corrected chi connectivity index (χ3v) is 16.1. The smallest absolute Gasteiger partial charge is 0.304 e. The van der Waals surface area contributed by atoms with Crippen LogP contribution in [-0.2, 0) is 33.5 Å². The van der Waals surface area contributed by atoms with Crippen LogP contribution in [0.15, 0.2) is 56.9 Å². The van der Waals surface area contributed by atoms with Crippen LogP contribution in [0.2, 0.25) is 20.1 Å². The summed E-state index contributed by atoms with van der Waals surface area (Å²) in [6.45, 7) is 0.0326. The summed E-state index contributed by atoms with van der Waals surface area (Å²) in [5.41, 5.74) is 3.86. The summed E-state index contributed by atoms with van der Waals surface area (Å²) >= 11 is 27.1. The number of thiophene rings is 2. The van der Waals surface area contributed by atoms with E-state index in [2.05, 4.69) is 0 Å². The highest BCUT2D eigenvalue weighted by Gasteiger charge is 2.35. The van der Waals surface area contributed by atoms with Crippen molar-refractivity contribution in [2.75, 3.05) is 0 Å². The van der Waals surface area contributed by atoms with Gasteiger partial charge in [-0.15, -0.1) is 22.7 Å². The van der Waals surface area contributed by atoms with E-state index < -0.39 is 32.4 Å². The zero-order valence-corrected chi connectivity index (χ0v) is 37.3. The van der Waals surface area contributed by atoms with Gasteiger partial charge in [0.2, 0.25) is 0 Å². The lowest BCUT2D eigenvalue weighted by Gasteiger charge is -2.17. The van der Waals surface area contributed by atoms with Gasteiger partial charge in [0.1, 0.15) is 24.7 Å². The summed E-state index contributed by atoms with van der Waals surface area (Å²) in [6, 6.07) is 12.3. The molecule has 0 aliphatic carbocycles. The number of fused-ring (bicyclic) bond motifs is 6. The Morgan fingerprint density at radius 2 is 1.00 bits per heavy atom. The Kier molecular flexibility index (Phi) is 12.4. The van der Waals surface area contributed by atoms with E-state index in [1.165, 1.54) is 12.1 Å². The highest BCUT2D eigenvalue weighted by Crippen LogP contribution is 2.50. The minimum atomic E-state index is -4.50. The van der Waals surface area contributed by atoms with Gasteiger partial charge < -0.3 is 19.7 Å². The molecule has 0 saturated carbocycles. The Labute approximate surface area is 372 Å². The van der Waals surface area contributed by atoms with Crippen molar-refractivity contribution < 1.29 is 45.6 Å². The van der Waals surface area contributed by atoms with Gasteiger partial charge in [0.15, 0.2) is 8.42 Å². The average Bonchev–Trinajstić information content (AvgIpc) is 3.98. The van der Waals surface area contributed by atoms with Gasteiger partial charge in [-0.2, -0.15) is 27.0 Å². The molecular weight excluding hydrogens is 943 g/mol. The van der Waals surface area contributed by atoms with E-state index in [0.29, 0.717) is 101 Å². The minimum absolute atomic E-state index is 0.0163. The van der Waals surface area contributed by atoms with E-state index in [1.54, 1.807) is 45.8 Å². The maximum atomic E-state index is 12.0. The van der Waals surface area contributed by atoms with Crippen molar-refractivity contribution in [2.45, 2.75) is 85.2 Å². The van der Waals surface area contributed by atoms with Gasteiger partial charge in [0.05, 0.1) is 66.2 Å². The molecule has 14 nitrogen and oxygen atoms in total. The van der Waals surface area contributed by atoms with Crippen LogP contribution in [0, 0.1) is 0 Å². The molecule has 2 aliphatic rings. The first-order valence-electron chi connectivity index (χ1n) is 18.5. The fourth-order valence-corrected chi connectivity index (χ4v) is 12.0. The first kappa shape index (κ1) is 43.4. The predicted molar refractivity (Wildman–Crippen MR) is 229 cm³/mol. The third-order valence-electron chi connectivity index (χ3n) is 10.2. The fourth-order valence-electron chi connectivity index (χ4n) is 7.34. The maximum Gasteiger partial charge on any atom is 0.304 e. The summed E-state index contributed by atoms with van der Waals surface area (Å²) in [5, 5.41) is 33.7. The minimum Gasteiger partial charge on any atom is -0.487 e. The molecule has 2 aromatic carbocycles. The van der Waals surface area contributed by atoms with Crippen molar-refractivity contribution in [3.8, 4) is 44.0 Å². The lowest BCUT2D eigenvalue weighted by Crippen LogP contribution is -2.08. The number of aliphatic hydroxyl groups excluding tert-OH is 2.